The van der Waals surface area contributed by atoms with Gasteiger partial charge in [0.25, 0.3) is 0 Å². The Kier molecular flexibility index (Phi) is 7.19. The van der Waals surface area contributed by atoms with E-state index in [9.17, 15) is 0 Å². The average molecular weight is 408 g/mol. The Morgan fingerprint density at radius 1 is 0.909 bits per heavy atom. The maximum atomic E-state index is 5.06. The van der Waals surface area contributed by atoms with Crippen LogP contribution in [-0.4, -0.2) is 33.0 Å². The van der Waals surface area contributed by atoms with Gasteiger partial charge in [0, 0.05) is 0 Å². The summed E-state index contributed by atoms with van der Waals surface area (Å²) in [6, 6.07) is 4.34. The zero-order valence-electron chi connectivity index (χ0n) is 14.5. The predicted molar refractivity (Wildman–Crippen MR) is 97.5 cm³/mol. The summed E-state index contributed by atoms with van der Waals surface area (Å²) in [6.45, 7) is 6.97. The van der Waals surface area contributed by atoms with Gasteiger partial charge in [0.05, 0.1) is 0 Å². The Labute approximate surface area is 139 Å². The first kappa shape index (κ1) is 17.8. The summed E-state index contributed by atoms with van der Waals surface area (Å²) in [5.74, 6) is 0. The molecular formula is C18H31N3Sn. The molecule has 0 unspecified atom stereocenters. The normalized spacial score (nSPS) is 12.1. The summed E-state index contributed by atoms with van der Waals surface area (Å²) in [4.78, 5) is 5.06. The molecule has 0 aliphatic carbocycles. The Morgan fingerprint density at radius 3 is 2.05 bits per heavy atom. The molecule has 3 nitrogen and oxygen atoms in total. The first-order valence-electron chi connectivity index (χ1n) is 9.06. The van der Waals surface area contributed by atoms with Crippen LogP contribution in [0.4, 0.5) is 0 Å². The van der Waals surface area contributed by atoms with Crippen molar-refractivity contribution in [2.75, 3.05) is 0 Å². The second-order valence-corrected chi connectivity index (χ2v) is 19.6. The standard InChI is InChI=1S/C6H4N3.3C4H9.Sn/c1-3-7-6-2-4-8-9(6)5-1;3*1-3-4-2;/h1-2,4-5H;3*1,3-4H2,2H3;. The van der Waals surface area contributed by atoms with Crippen LogP contribution in [-0.2, 0) is 0 Å². The molecule has 0 aliphatic heterocycles. The van der Waals surface area contributed by atoms with Crippen LogP contribution in [0.3, 0.4) is 0 Å². The SMILES string of the molecule is CCC[CH2][Sn]([CH2]CCC)([CH2]CCC)[c]1ccn2nccc2n1. The minimum absolute atomic E-state index is 1.03. The van der Waals surface area contributed by atoms with Crippen molar-refractivity contribution in [3.8, 4) is 0 Å². The van der Waals surface area contributed by atoms with Crippen LogP contribution in [0.2, 0.25) is 13.3 Å². The van der Waals surface area contributed by atoms with E-state index in [1.54, 1.807) is 0 Å². The van der Waals surface area contributed by atoms with Crippen molar-refractivity contribution in [2.45, 2.75) is 72.6 Å². The Bertz CT molecular complexity index is 542. The summed E-state index contributed by atoms with van der Waals surface area (Å²) in [5, 5.41) is 4.31. The van der Waals surface area contributed by atoms with Crippen LogP contribution in [0.1, 0.15) is 59.3 Å². The predicted octanol–water partition coefficient (Wildman–Crippen LogP) is 4.79. The van der Waals surface area contributed by atoms with Gasteiger partial charge in [-0.3, -0.25) is 0 Å². The van der Waals surface area contributed by atoms with Crippen LogP contribution < -0.4 is 3.71 Å². The molecule has 0 saturated heterocycles. The Balaban J connectivity index is 2.36. The van der Waals surface area contributed by atoms with E-state index in [4.69, 9.17) is 4.98 Å². The van der Waals surface area contributed by atoms with Crippen LogP contribution in [0.5, 0.6) is 0 Å². The molecule has 2 heterocycles. The zero-order valence-corrected chi connectivity index (χ0v) is 17.4. The molecule has 2 aromatic rings. The van der Waals surface area contributed by atoms with E-state index in [1.165, 1.54) is 55.5 Å². The van der Waals surface area contributed by atoms with E-state index in [0.717, 1.165) is 5.65 Å². The minimum atomic E-state index is -2.37. The van der Waals surface area contributed by atoms with Crippen molar-refractivity contribution in [3.05, 3.63) is 24.5 Å². The fourth-order valence-corrected chi connectivity index (χ4v) is 18.8. The number of fused-ring (bicyclic) bond motifs is 1. The molecule has 0 aromatic carbocycles. The van der Waals surface area contributed by atoms with Crippen molar-refractivity contribution < 1.29 is 0 Å². The summed E-state index contributed by atoms with van der Waals surface area (Å²) in [5.41, 5.74) is 1.03. The van der Waals surface area contributed by atoms with Crippen molar-refractivity contribution in [3.63, 3.8) is 0 Å². The fourth-order valence-electron chi connectivity index (χ4n) is 3.41. The van der Waals surface area contributed by atoms with Crippen molar-refractivity contribution >= 4 is 27.7 Å². The van der Waals surface area contributed by atoms with E-state index >= 15 is 0 Å². The second kappa shape index (κ2) is 8.90. The van der Waals surface area contributed by atoms with Gasteiger partial charge in [0.2, 0.25) is 0 Å². The van der Waals surface area contributed by atoms with Crippen molar-refractivity contribution in [1.82, 2.24) is 14.6 Å². The third-order valence-corrected chi connectivity index (χ3v) is 19.9. The van der Waals surface area contributed by atoms with E-state index in [-0.39, 0.29) is 0 Å². The molecule has 0 fully saturated rings. The molecule has 2 aromatic heterocycles. The summed E-state index contributed by atoms with van der Waals surface area (Å²) < 4.78 is 7.82. The van der Waals surface area contributed by atoms with Crippen LogP contribution in [0, 0.1) is 0 Å². The molecule has 0 N–H and O–H groups in total. The second-order valence-electron chi connectivity index (χ2n) is 6.54. The molecule has 122 valence electrons. The van der Waals surface area contributed by atoms with Crippen LogP contribution in [0.25, 0.3) is 5.65 Å². The molecule has 0 aliphatic rings. The van der Waals surface area contributed by atoms with Gasteiger partial charge < -0.3 is 0 Å². The first-order valence-corrected chi connectivity index (χ1v) is 16.5. The topological polar surface area (TPSA) is 30.2 Å². The number of hydrogen-bond acceptors (Lipinski definition) is 2. The maximum absolute atomic E-state index is 5.06. The van der Waals surface area contributed by atoms with Gasteiger partial charge in [0.15, 0.2) is 0 Å². The number of unbranched alkanes of at least 4 members (excludes halogenated alkanes) is 3. The molecule has 0 amide bonds. The Morgan fingerprint density at radius 2 is 1.50 bits per heavy atom. The third-order valence-electron chi connectivity index (χ3n) is 4.83. The fraction of sp³-hybridized carbons (Fsp3) is 0.667. The molecule has 0 atom stereocenters. The molecule has 0 radical (unpaired) electrons. The molecule has 0 bridgehead atoms. The van der Waals surface area contributed by atoms with E-state index in [0.29, 0.717) is 0 Å². The van der Waals surface area contributed by atoms with Gasteiger partial charge in [0.1, 0.15) is 0 Å². The molecule has 22 heavy (non-hydrogen) atoms. The number of nitrogens with zero attached hydrogens (tertiary/aromatic N) is 3. The molecule has 0 spiro atoms. The quantitative estimate of drug-likeness (QED) is 0.530. The summed E-state index contributed by atoms with van der Waals surface area (Å²) >= 11 is -2.37. The molecular weight excluding hydrogens is 377 g/mol. The monoisotopic (exact) mass is 409 g/mol. The summed E-state index contributed by atoms with van der Waals surface area (Å²) in [6.07, 6.45) is 12.1. The van der Waals surface area contributed by atoms with Gasteiger partial charge in [-0.05, 0) is 0 Å². The number of aromatic nitrogens is 3. The Hall–Kier alpha value is -0.581. The molecule has 4 heteroatoms. The van der Waals surface area contributed by atoms with E-state index in [1.807, 2.05) is 16.8 Å². The van der Waals surface area contributed by atoms with Crippen molar-refractivity contribution in [2.24, 2.45) is 0 Å². The number of rotatable bonds is 10. The van der Waals surface area contributed by atoms with Gasteiger partial charge in [-0.2, -0.15) is 0 Å². The van der Waals surface area contributed by atoms with Crippen LogP contribution >= 0.6 is 0 Å². The molecule has 2 rings (SSSR count). The van der Waals surface area contributed by atoms with Gasteiger partial charge in [-0.1, -0.05) is 0 Å². The van der Waals surface area contributed by atoms with Gasteiger partial charge in [-0.15, -0.1) is 0 Å². The van der Waals surface area contributed by atoms with Crippen molar-refractivity contribution in [1.29, 1.82) is 0 Å². The van der Waals surface area contributed by atoms with Crippen LogP contribution in [0.15, 0.2) is 24.5 Å². The first-order chi connectivity index (χ1) is 10.8. The zero-order chi connectivity index (χ0) is 15.8. The van der Waals surface area contributed by atoms with Gasteiger partial charge in [-0.25, -0.2) is 0 Å². The third kappa shape index (κ3) is 4.24. The van der Waals surface area contributed by atoms with Gasteiger partial charge >= 0.3 is 139 Å². The number of hydrogen-bond donors (Lipinski definition) is 0. The van der Waals surface area contributed by atoms with E-state index < -0.39 is 18.4 Å². The molecule has 0 saturated carbocycles. The average Bonchev–Trinajstić information content (AvgIpc) is 3.02. The summed E-state index contributed by atoms with van der Waals surface area (Å²) in [7, 11) is 0. The van der Waals surface area contributed by atoms with E-state index in [2.05, 4.69) is 38.1 Å².